The molecule has 0 aliphatic rings. The highest BCUT2D eigenvalue weighted by Crippen LogP contribution is 2.00. The average molecular weight is 324 g/mol. The lowest BCUT2D eigenvalue weighted by molar-refractivity contribution is -0.531. The number of rotatable bonds is 6. The zero-order chi connectivity index (χ0) is 17.1. The fourth-order valence-corrected chi connectivity index (χ4v) is 2.12. The molecule has 7 heteroatoms. The maximum absolute atomic E-state index is 9.08. The van der Waals surface area contributed by atoms with Crippen molar-refractivity contribution in [2.45, 2.75) is 41.5 Å². The Balaban J connectivity index is 0. The molecule has 0 saturated heterocycles. The molecule has 0 aromatic rings. The molecule has 128 valence electrons. The van der Waals surface area contributed by atoms with E-state index in [4.69, 9.17) is 13.0 Å². The molecule has 0 saturated carbocycles. The summed E-state index contributed by atoms with van der Waals surface area (Å²) < 4.78 is 29.7. The van der Waals surface area contributed by atoms with Gasteiger partial charge in [0.2, 0.25) is 0 Å². The molecule has 0 amide bonds. The Labute approximate surface area is 131 Å². The molecule has 21 heavy (non-hydrogen) atoms. The fraction of sp³-hybridized carbons (Fsp3) is 0.929. The number of hydrogen-bond donors (Lipinski definition) is 0. The topological polar surface area (TPSA) is 66.7 Å². The van der Waals surface area contributed by atoms with Crippen molar-refractivity contribution in [3.05, 3.63) is 0 Å². The van der Waals surface area contributed by atoms with Crippen LogP contribution in [0.4, 0.5) is 0 Å². The summed E-state index contributed by atoms with van der Waals surface area (Å²) in [5.74, 6) is 1.40. The first-order valence-electron chi connectivity index (χ1n) is 7.72. The zero-order valence-corrected chi connectivity index (χ0v) is 15.5. The van der Waals surface area contributed by atoms with Crippen molar-refractivity contribution in [1.29, 1.82) is 0 Å². The van der Waals surface area contributed by atoms with E-state index in [-0.39, 0.29) is 0 Å². The lowest BCUT2D eigenvalue weighted by atomic mass is 10.4. The van der Waals surface area contributed by atoms with Gasteiger partial charge in [0.15, 0.2) is 0 Å². The number of nitrogens with zero attached hydrogens (tertiary/aromatic N) is 3. The second-order valence-electron chi connectivity index (χ2n) is 4.52. The molecule has 0 aromatic carbocycles. The van der Waals surface area contributed by atoms with Gasteiger partial charge in [0, 0.05) is 6.26 Å². The van der Waals surface area contributed by atoms with Crippen molar-refractivity contribution in [2.24, 2.45) is 0 Å². The van der Waals surface area contributed by atoms with Crippen LogP contribution in [0.5, 0.6) is 0 Å². The normalized spacial score (nSPS) is 10.5. The van der Waals surface area contributed by atoms with E-state index in [0.29, 0.717) is 6.26 Å². The van der Waals surface area contributed by atoms with Crippen LogP contribution in [0.2, 0.25) is 0 Å². The molecule has 0 aliphatic carbocycles. The van der Waals surface area contributed by atoms with Crippen LogP contribution in [0.25, 0.3) is 0 Å². The summed E-state index contributed by atoms with van der Waals surface area (Å²) in [4.78, 5) is 4.92. The third kappa shape index (κ3) is 10.5. The van der Waals surface area contributed by atoms with Crippen LogP contribution < -0.4 is 0 Å². The first-order chi connectivity index (χ1) is 9.69. The standard InChI is InChI=1S/C13H30N3.CH4O3S/c1-7-14(8-2)13(15(9-3)10-4)16(11-5)12-6;1-5(2,3)4/h7-12H2,1-6H3;1H3,(H,2,3,4)/q+1;/p-1. The van der Waals surface area contributed by atoms with E-state index in [1.165, 1.54) is 5.96 Å². The number of guanidine groups is 1. The van der Waals surface area contributed by atoms with Gasteiger partial charge in [-0.25, -0.2) is 8.42 Å². The predicted molar refractivity (Wildman–Crippen MR) is 87.8 cm³/mol. The minimum atomic E-state index is -3.92. The van der Waals surface area contributed by atoms with Gasteiger partial charge in [-0.1, -0.05) is 0 Å². The minimum Gasteiger partial charge on any atom is -0.748 e. The molecule has 0 fully saturated rings. The van der Waals surface area contributed by atoms with Crippen LogP contribution in [-0.2, 0) is 10.1 Å². The molecule has 0 spiro atoms. The first-order valence-corrected chi connectivity index (χ1v) is 9.54. The van der Waals surface area contributed by atoms with Gasteiger partial charge in [-0.3, -0.25) is 14.4 Å². The second kappa shape index (κ2) is 11.8. The van der Waals surface area contributed by atoms with Crippen LogP contribution >= 0.6 is 0 Å². The molecule has 0 unspecified atom stereocenters. The Bertz CT molecular complexity index is 358. The van der Waals surface area contributed by atoms with Crippen molar-refractivity contribution >= 4 is 16.1 Å². The van der Waals surface area contributed by atoms with Crippen LogP contribution in [0.1, 0.15) is 41.5 Å². The summed E-state index contributed by atoms with van der Waals surface area (Å²) in [7, 11) is -3.92. The predicted octanol–water partition coefficient (Wildman–Crippen LogP) is 1.24. The van der Waals surface area contributed by atoms with Crippen molar-refractivity contribution in [3.63, 3.8) is 0 Å². The molecule has 0 bridgehead atoms. The van der Waals surface area contributed by atoms with Gasteiger partial charge in [0.05, 0.1) is 49.4 Å². The molecule has 6 nitrogen and oxygen atoms in total. The highest BCUT2D eigenvalue weighted by Gasteiger charge is 2.24. The summed E-state index contributed by atoms with van der Waals surface area (Å²) >= 11 is 0. The lowest BCUT2D eigenvalue weighted by Gasteiger charge is -2.27. The van der Waals surface area contributed by atoms with E-state index in [0.717, 1.165) is 39.3 Å². The summed E-state index contributed by atoms with van der Waals surface area (Å²) in [5.41, 5.74) is 0. The Hall–Kier alpha value is -0.820. The van der Waals surface area contributed by atoms with Crippen molar-refractivity contribution in [3.8, 4) is 0 Å². The van der Waals surface area contributed by atoms with Crippen molar-refractivity contribution < 1.29 is 17.5 Å². The SMILES string of the molecule is CCN(CC)C(N(CC)CC)=[N+](CC)CC.CS(=O)(=O)[O-]. The zero-order valence-electron chi connectivity index (χ0n) is 14.7. The van der Waals surface area contributed by atoms with Gasteiger partial charge in [-0.2, -0.15) is 0 Å². The van der Waals surface area contributed by atoms with Gasteiger partial charge in [-0.15, -0.1) is 0 Å². The fourth-order valence-electron chi connectivity index (χ4n) is 2.12. The maximum Gasteiger partial charge on any atom is 0.350 e. The molecule has 0 atom stereocenters. The van der Waals surface area contributed by atoms with Gasteiger partial charge >= 0.3 is 5.96 Å². The molecular weight excluding hydrogens is 290 g/mol. The molecule has 0 heterocycles. The minimum absolute atomic E-state index is 0.604. The van der Waals surface area contributed by atoms with Gasteiger partial charge in [-0.05, 0) is 41.5 Å². The molecule has 0 N–H and O–H groups in total. The average Bonchev–Trinajstić information content (AvgIpc) is 2.40. The summed E-state index contributed by atoms with van der Waals surface area (Å²) in [6.07, 6.45) is 0.604. The summed E-state index contributed by atoms with van der Waals surface area (Å²) in [5, 5.41) is 0. The molecule has 0 radical (unpaired) electrons. The second-order valence-corrected chi connectivity index (χ2v) is 5.93. The van der Waals surface area contributed by atoms with Crippen molar-refractivity contribution in [2.75, 3.05) is 45.5 Å². The van der Waals surface area contributed by atoms with Gasteiger partial charge in [0.25, 0.3) is 0 Å². The van der Waals surface area contributed by atoms with Crippen molar-refractivity contribution in [1.82, 2.24) is 9.80 Å². The molecule has 0 rings (SSSR count). The first kappa shape index (κ1) is 22.5. The highest BCUT2D eigenvalue weighted by atomic mass is 32.2. The van der Waals surface area contributed by atoms with E-state index in [2.05, 4.69) is 55.9 Å². The third-order valence-corrected chi connectivity index (χ3v) is 3.14. The monoisotopic (exact) mass is 323 g/mol. The van der Waals surface area contributed by atoms with Crippen LogP contribution in [0.3, 0.4) is 0 Å². The molecule has 0 aromatic heterocycles. The van der Waals surface area contributed by atoms with E-state index >= 15 is 0 Å². The maximum atomic E-state index is 9.08. The molecule has 0 aliphatic heterocycles. The van der Waals surface area contributed by atoms with Gasteiger partial charge in [0.1, 0.15) is 0 Å². The van der Waals surface area contributed by atoms with E-state index < -0.39 is 10.1 Å². The number of hydrogen-bond acceptors (Lipinski definition) is 3. The highest BCUT2D eigenvalue weighted by molar-refractivity contribution is 7.84. The largest absolute Gasteiger partial charge is 0.748 e. The van der Waals surface area contributed by atoms with Crippen LogP contribution in [-0.4, -0.2) is 78.8 Å². The Morgan fingerprint density at radius 1 is 0.857 bits per heavy atom. The third-order valence-electron chi connectivity index (χ3n) is 3.14. The molecular formula is C14H33N3O3S. The Kier molecular flexibility index (Phi) is 12.6. The van der Waals surface area contributed by atoms with Gasteiger partial charge < -0.3 is 4.55 Å². The smallest absolute Gasteiger partial charge is 0.350 e. The quantitative estimate of drug-likeness (QED) is 0.318. The van der Waals surface area contributed by atoms with E-state index in [9.17, 15) is 0 Å². The van der Waals surface area contributed by atoms with E-state index in [1.54, 1.807) is 0 Å². The van der Waals surface area contributed by atoms with Crippen LogP contribution in [0.15, 0.2) is 0 Å². The summed E-state index contributed by atoms with van der Waals surface area (Å²) in [6.45, 7) is 19.9. The summed E-state index contributed by atoms with van der Waals surface area (Å²) in [6, 6.07) is 0. The lowest BCUT2D eigenvalue weighted by Crippen LogP contribution is -2.49. The Morgan fingerprint density at radius 3 is 1.24 bits per heavy atom. The van der Waals surface area contributed by atoms with Crippen LogP contribution in [0, 0.1) is 0 Å². The Morgan fingerprint density at radius 2 is 1.10 bits per heavy atom. The van der Waals surface area contributed by atoms with E-state index in [1.807, 2.05) is 0 Å².